The third-order valence-corrected chi connectivity index (χ3v) is 6.52. The number of halogens is 1. The van der Waals surface area contributed by atoms with E-state index in [0.717, 1.165) is 46.2 Å². The van der Waals surface area contributed by atoms with Gasteiger partial charge in [0.15, 0.2) is 18.1 Å². The van der Waals surface area contributed by atoms with Gasteiger partial charge in [0, 0.05) is 34.1 Å². The van der Waals surface area contributed by atoms with Crippen LogP contribution in [0.15, 0.2) is 42.5 Å². The maximum Gasteiger partial charge on any atom is 0.263 e. The lowest BCUT2D eigenvalue weighted by atomic mass is 10.0. The van der Waals surface area contributed by atoms with E-state index in [9.17, 15) is 4.79 Å². The molecule has 0 bridgehead atoms. The number of carbonyl (C=O) groups excluding carboxylic acids is 1. The molecule has 0 aliphatic carbocycles. The van der Waals surface area contributed by atoms with Crippen molar-refractivity contribution >= 4 is 35.1 Å². The van der Waals surface area contributed by atoms with Gasteiger partial charge in [0.2, 0.25) is 0 Å². The van der Waals surface area contributed by atoms with Crippen molar-refractivity contribution in [3.8, 4) is 17.2 Å². The number of fused-ring (bicyclic) bond motifs is 2. The summed E-state index contributed by atoms with van der Waals surface area (Å²) in [5.74, 6) is 3.40. The van der Waals surface area contributed by atoms with Crippen molar-refractivity contribution in [1.82, 2.24) is 9.78 Å². The number of benzene rings is 2. The molecule has 8 heteroatoms. The van der Waals surface area contributed by atoms with Gasteiger partial charge in [-0.3, -0.25) is 4.79 Å². The third-order valence-electron chi connectivity index (χ3n) is 5.29. The molecule has 0 radical (unpaired) electrons. The maximum absolute atomic E-state index is 12.8. The molecule has 31 heavy (non-hydrogen) atoms. The van der Waals surface area contributed by atoms with Crippen LogP contribution in [-0.4, -0.2) is 27.9 Å². The lowest BCUT2D eigenvalue weighted by molar-refractivity contribution is -0.118. The van der Waals surface area contributed by atoms with Crippen molar-refractivity contribution in [3.63, 3.8) is 0 Å². The topological polar surface area (TPSA) is 65.4 Å². The van der Waals surface area contributed by atoms with Crippen LogP contribution in [0.1, 0.15) is 30.7 Å². The average Bonchev–Trinajstić information content (AvgIpc) is 3.40. The molecule has 2 aliphatic rings. The van der Waals surface area contributed by atoms with Crippen LogP contribution in [0.5, 0.6) is 11.5 Å². The summed E-state index contributed by atoms with van der Waals surface area (Å²) in [4.78, 5) is 12.8. The van der Waals surface area contributed by atoms with E-state index in [1.807, 2.05) is 56.3 Å². The summed E-state index contributed by atoms with van der Waals surface area (Å²) in [6.45, 7) is 3.97. The molecule has 6 nitrogen and oxygen atoms in total. The molecule has 0 spiro atoms. The predicted octanol–water partition coefficient (Wildman–Crippen LogP) is 5.00. The fraction of sp³-hybridized carbons (Fsp3) is 0.304. The van der Waals surface area contributed by atoms with Crippen molar-refractivity contribution < 1.29 is 14.3 Å². The van der Waals surface area contributed by atoms with Gasteiger partial charge < -0.3 is 14.8 Å². The molecule has 2 aromatic carbocycles. The quantitative estimate of drug-likeness (QED) is 0.586. The second kappa shape index (κ2) is 7.80. The SMILES string of the molecule is CC1(C)Cc2cccc(OCC(=O)Nc3c4c(nn3-c3ccc(Cl)cc3)CSC4)c2O1. The first-order valence-electron chi connectivity index (χ1n) is 10.1. The highest BCUT2D eigenvalue weighted by Gasteiger charge is 2.32. The molecular formula is C23H22ClN3O3S. The molecular weight excluding hydrogens is 434 g/mol. The summed E-state index contributed by atoms with van der Waals surface area (Å²) in [7, 11) is 0. The van der Waals surface area contributed by atoms with E-state index in [0.29, 0.717) is 16.6 Å². The van der Waals surface area contributed by atoms with Gasteiger partial charge in [-0.15, -0.1) is 0 Å². The number of para-hydroxylation sites is 1. The van der Waals surface area contributed by atoms with Gasteiger partial charge >= 0.3 is 0 Å². The normalized spacial score (nSPS) is 15.8. The average molecular weight is 456 g/mol. The summed E-state index contributed by atoms with van der Waals surface area (Å²) in [6, 6.07) is 13.2. The number of ether oxygens (including phenoxy) is 2. The van der Waals surface area contributed by atoms with Gasteiger partial charge in [0.05, 0.1) is 11.4 Å². The van der Waals surface area contributed by atoms with Crippen LogP contribution in [0.4, 0.5) is 5.82 Å². The highest BCUT2D eigenvalue weighted by atomic mass is 35.5. The Balaban J connectivity index is 1.34. The summed E-state index contributed by atoms with van der Waals surface area (Å²) in [5.41, 5.74) is 3.72. The van der Waals surface area contributed by atoms with E-state index >= 15 is 0 Å². The second-order valence-electron chi connectivity index (χ2n) is 8.27. The lowest BCUT2D eigenvalue weighted by Gasteiger charge is -2.18. The predicted molar refractivity (Wildman–Crippen MR) is 123 cm³/mol. The van der Waals surface area contributed by atoms with Gasteiger partial charge in [-0.05, 0) is 44.2 Å². The van der Waals surface area contributed by atoms with Gasteiger partial charge in [-0.25, -0.2) is 4.68 Å². The van der Waals surface area contributed by atoms with Crippen LogP contribution < -0.4 is 14.8 Å². The Morgan fingerprint density at radius 2 is 2.06 bits per heavy atom. The number of rotatable bonds is 5. The van der Waals surface area contributed by atoms with E-state index in [1.54, 1.807) is 16.4 Å². The van der Waals surface area contributed by atoms with Crippen molar-refractivity contribution in [2.75, 3.05) is 11.9 Å². The van der Waals surface area contributed by atoms with Crippen LogP contribution in [0.25, 0.3) is 5.69 Å². The molecule has 3 aromatic rings. The summed E-state index contributed by atoms with van der Waals surface area (Å²) in [6.07, 6.45) is 0.815. The molecule has 1 N–H and O–H groups in total. The van der Waals surface area contributed by atoms with E-state index < -0.39 is 0 Å². The highest BCUT2D eigenvalue weighted by Crippen LogP contribution is 2.42. The van der Waals surface area contributed by atoms with Gasteiger partial charge in [-0.1, -0.05) is 23.7 Å². The Hall–Kier alpha value is -2.64. The Morgan fingerprint density at radius 1 is 1.26 bits per heavy atom. The van der Waals surface area contributed by atoms with E-state index in [4.69, 9.17) is 26.2 Å². The first-order chi connectivity index (χ1) is 14.9. The Bertz CT molecular complexity index is 1160. The first-order valence-corrected chi connectivity index (χ1v) is 11.6. The molecule has 2 aliphatic heterocycles. The summed E-state index contributed by atoms with van der Waals surface area (Å²) >= 11 is 7.81. The largest absolute Gasteiger partial charge is 0.483 e. The molecule has 0 saturated heterocycles. The minimum absolute atomic E-state index is 0.117. The summed E-state index contributed by atoms with van der Waals surface area (Å²) in [5, 5.41) is 8.36. The number of nitrogens with zero attached hydrogens (tertiary/aromatic N) is 2. The molecule has 0 atom stereocenters. The first kappa shape index (κ1) is 20.3. The van der Waals surface area contributed by atoms with Crippen LogP contribution in [0, 0.1) is 0 Å². The number of amides is 1. The number of hydrogen-bond donors (Lipinski definition) is 1. The van der Waals surface area contributed by atoms with Crippen LogP contribution in [0.2, 0.25) is 5.02 Å². The van der Waals surface area contributed by atoms with Crippen LogP contribution >= 0.6 is 23.4 Å². The van der Waals surface area contributed by atoms with Crippen molar-refractivity contribution in [2.24, 2.45) is 0 Å². The lowest BCUT2D eigenvalue weighted by Crippen LogP contribution is -2.25. The third kappa shape index (κ3) is 4.00. The van der Waals surface area contributed by atoms with Gasteiger partial charge in [0.1, 0.15) is 11.4 Å². The van der Waals surface area contributed by atoms with Crippen LogP contribution in [-0.2, 0) is 22.7 Å². The summed E-state index contributed by atoms with van der Waals surface area (Å²) < 4.78 is 13.6. The standard InChI is InChI=1S/C23H22ClN3O3S/c1-23(2)10-14-4-3-5-19(21(14)30-23)29-11-20(28)25-22-17-12-31-13-18(17)26-27(22)16-8-6-15(24)7-9-16/h3-9H,10-13H2,1-2H3,(H,25,28). The zero-order valence-corrected chi connectivity index (χ0v) is 18.8. The monoisotopic (exact) mass is 455 g/mol. The van der Waals surface area contributed by atoms with E-state index in [-0.39, 0.29) is 18.1 Å². The van der Waals surface area contributed by atoms with Gasteiger partial charge in [0.25, 0.3) is 5.91 Å². The number of carbonyl (C=O) groups is 1. The fourth-order valence-corrected chi connectivity index (χ4v) is 5.08. The minimum Gasteiger partial charge on any atom is -0.483 e. The number of anilines is 1. The highest BCUT2D eigenvalue weighted by molar-refractivity contribution is 7.98. The Morgan fingerprint density at radius 3 is 2.87 bits per heavy atom. The molecule has 5 rings (SSSR count). The second-order valence-corrected chi connectivity index (χ2v) is 9.70. The molecule has 0 saturated carbocycles. The smallest absolute Gasteiger partial charge is 0.263 e. The van der Waals surface area contributed by atoms with Gasteiger partial charge in [-0.2, -0.15) is 16.9 Å². The zero-order valence-electron chi connectivity index (χ0n) is 17.3. The van der Waals surface area contributed by atoms with Crippen LogP contribution in [0.3, 0.4) is 0 Å². The molecule has 160 valence electrons. The zero-order chi connectivity index (χ0) is 21.6. The number of nitrogens with one attached hydrogen (secondary N) is 1. The molecule has 1 amide bonds. The van der Waals surface area contributed by atoms with Crippen molar-refractivity contribution in [1.29, 1.82) is 0 Å². The molecule has 0 fully saturated rings. The maximum atomic E-state index is 12.8. The Labute approximate surface area is 189 Å². The van der Waals surface area contributed by atoms with Crippen molar-refractivity contribution in [3.05, 3.63) is 64.3 Å². The molecule has 3 heterocycles. The van der Waals surface area contributed by atoms with E-state index in [2.05, 4.69) is 5.32 Å². The molecule has 1 aromatic heterocycles. The molecule has 0 unspecified atom stereocenters. The van der Waals surface area contributed by atoms with E-state index in [1.165, 1.54) is 0 Å². The Kier molecular flexibility index (Phi) is 5.10. The number of aromatic nitrogens is 2. The number of thioether (sulfide) groups is 1. The van der Waals surface area contributed by atoms with Crippen molar-refractivity contribution in [2.45, 2.75) is 37.4 Å². The minimum atomic E-state index is -0.270. The fourth-order valence-electron chi connectivity index (χ4n) is 3.92. The number of hydrogen-bond acceptors (Lipinski definition) is 5.